The van der Waals surface area contributed by atoms with Crippen molar-refractivity contribution >= 4 is 33.4 Å². The number of carbonyl (C=O) groups excluding carboxylic acids is 2. The Morgan fingerprint density at radius 1 is 1.37 bits per heavy atom. The third-order valence-corrected chi connectivity index (χ3v) is 5.39. The molecule has 0 unspecified atom stereocenters. The van der Waals surface area contributed by atoms with E-state index in [1.807, 2.05) is 6.92 Å². The molecular weight excluding hydrogens is 370 g/mol. The molecule has 0 atom stereocenters. The molecule has 0 saturated carbocycles. The second-order valence-electron chi connectivity index (χ2n) is 6.03. The van der Waals surface area contributed by atoms with Crippen LogP contribution in [0.2, 0.25) is 0 Å². The van der Waals surface area contributed by atoms with E-state index in [-0.39, 0.29) is 17.9 Å². The zero-order valence-corrected chi connectivity index (χ0v) is 16.0. The number of nitrogens with two attached hydrogens (primary N) is 1. The van der Waals surface area contributed by atoms with E-state index in [4.69, 9.17) is 10.2 Å². The van der Waals surface area contributed by atoms with Gasteiger partial charge in [-0.2, -0.15) is 0 Å². The summed E-state index contributed by atoms with van der Waals surface area (Å²) in [7, 11) is 1.27. The van der Waals surface area contributed by atoms with Crippen molar-refractivity contribution in [3.05, 3.63) is 50.3 Å². The average molecular weight is 389 g/mol. The Morgan fingerprint density at radius 3 is 2.74 bits per heavy atom. The van der Waals surface area contributed by atoms with Crippen molar-refractivity contribution in [2.24, 2.45) is 5.73 Å². The summed E-state index contributed by atoms with van der Waals surface area (Å²) in [5, 5.41) is 0.383. The number of ether oxygens (including phenoxy) is 1. The summed E-state index contributed by atoms with van der Waals surface area (Å²) in [6.07, 6.45) is 1.37. The molecule has 142 valence electrons. The van der Waals surface area contributed by atoms with Crippen LogP contribution in [0.15, 0.2) is 21.3 Å². The van der Waals surface area contributed by atoms with Crippen molar-refractivity contribution in [2.75, 3.05) is 7.11 Å². The lowest BCUT2D eigenvalue weighted by molar-refractivity contribution is 0.0562. The van der Waals surface area contributed by atoms with Crippen molar-refractivity contribution in [1.82, 2.24) is 9.55 Å². The van der Waals surface area contributed by atoms with Gasteiger partial charge < -0.3 is 14.9 Å². The number of fused-ring (bicyclic) bond motifs is 1. The SMILES string of the molecule is CCCc1nc2sc(C(N)=O)c(C)c2c(=O)n1Cc1ccc(C(=O)OC)o1. The van der Waals surface area contributed by atoms with E-state index in [1.165, 1.54) is 17.7 Å². The summed E-state index contributed by atoms with van der Waals surface area (Å²) in [4.78, 5) is 41.7. The quantitative estimate of drug-likeness (QED) is 0.646. The van der Waals surface area contributed by atoms with E-state index in [1.54, 1.807) is 13.0 Å². The van der Waals surface area contributed by atoms with Gasteiger partial charge in [0.2, 0.25) is 5.76 Å². The second-order valence-corrected chi connectivity index (χ2v) is 7.03. The third-order valence-electron chi connectivity index (χ3n) is 4.19. The van der Waals surface area contributed by atoms with Gasteiger partial charge >= 0.3 is 5.97 Å². The molecular formula is C18H19N3O5S. The van der Waals surface area contributed by atoms with Gasteiger partial charge in [0.25, 0.3) is 11.5 Å². The highest BCUT2D eigenvalue weighted by molar-refractivity contribution is 7.20. The van der Waals surface area contributed by atoms with Crippen molar-refractivity contribution in [3.63, 3.8) is 0 Å². The lowest BCUT2D eigenvalue weighted by atomic mass is 10.2. The summed E-state index contributed by atoms with van der Waals surface area (Å²) < 4.78 is 11.6. The summed E-state index contributed by atoms with van der Waals surface area (Å²) in [5.41, 5.74) is 5.68. The van der Waals surface area contributed by atoms with Crippen LogP contribution in [0.4, 0.5) is 0 Å². The number of amides is 1. The van der Waals surface area contributed by atoms with Gasteiger partial charge in [-0.3, -0.25) is 14.2 Å². The smallest absolute Gasteiger partial charge is 0.373 e. The number of hydrogen-bond donors (Lipinski definition) is 1. The fourth-order valence-electron chi connectivity index (χ4n) is 2.90. The van der Waals surface area contributed by atoms with E-state index in [2.05, 4.69) is 9.72 Å². The minimum Gasteiger partial charge on any atom is -0.463 e. The van der Waals surface area contributed by atoms with Crippen LogP contribution in [-0.4, -0.2) is 28.5 Å². The molecule has 0 spiro atoms. The number of aromatic nitrogens is 2. The monoisotopic (exact) mass is 389 g/mol. The Bertz CT molecular complexity index is 1090. The molecule has 0 bridgehead atoms. The maximum atomic E-state index is 13.1. The molecule has 3 rings (SSSR count). The maximum Gasteiger partial charge on any atom is 0.373 e. The lowest BCUT2D eigenvalue weighted by Gasteiger charge is -2.10. The summed E-state index contributed by atoms with van der Waals surface area (Å²) in [5.74, 6) is -0.0837. The minimum atomic E-state index is -0.587. The zero-order chi connectivity index (χ0) is 19.7. The van der Waals surface area contributed by atoms with Crippen LogP contribution in [-0.2, 0) is 17.7 Å². The fraction of sp³-hybridized carbons (Fsp3) is 0.333. The molecule has 27 heavy (non-hydrogen) atoms. The predicted octanol–water partition coefficient (Wildman–Crippen LogP) is 2.25. The fourth-order valence-corrected chi connectivity index (χ4v) is 3.94. The molecule has 0 aromatic carbocycles. The lowest BCUT2D eigenvalue weighted by Crippen LogP contribution is -2.26. The summed E-state index contributed by atoms with van der Waals surface area (Å²) in [6.45, 7) is 3.79. The highest BCUT2D eigenvalue weighted by Gasteiger charge is 2.21. The number of rotatable bonds is 6. The number of furan rings is 1. The van der Waals surface area contributed by atoms with Gasteiger partial charge in [0.1, 0.15) is 16.4 Å². The largest absolute Gasteiger partial charge is 0.463 e. The van der Waals surface area contributed by atoms with E-state index in [9.17, 15) is 14.4 Å². The van der Waals surface area contributed by atoms with Gasteiger partial charge in [-0.05, 0) is 31.0 Å². The molecule has 8 nitrogen and oxygen atoms in total. The number of thiophene rings is 1. The molecule has 3 aromatic heterocycles. The van der Waals surface area contributed by atoms with Crippen LogP contribution in [0.25, 0.3) is 10.2 Å². The first-order valence-electron chi connectivity index (χ1n) is 8.37. The number of primary amides is 1. The van der Waals surface area contributed by atoms with Crippen molar-refractivity contribution in [2.45, 2.75) is 33.2 Å². The van der Waals surface area contributed by atoms with Crippen molar-refractivity contribution in [3.8, 4) is 0 Å². The Labute approximate surface area is 158 Å². The molecule has 0 aliphatic heterocycles. The molecule has 2 N–H and O–H groups in total. The Balaban J connectivity index is 2.14. The van der Waals surface area contributed by atoms with Crippen LogP contribution in [0.3, 0.4) is 0 Å². The first kappa shape index (κ1) is 18.8. The van der Waals surface area contributed by atoms with Crippen molar-refractivity contribution in [1.29, 1.82) is 0 Å². The summed E-state index contributed by atoms with van der Waals surface area (Å²) >= 11 is 1.13. The van der Waals surface area contributed by atoms with Gasteiger partial charge in [-0.15, -0.1) is 11.3 Å². The Hall–Kier alpha value is -2.94. The van der Waals surface area contributed by atoms with E-state index < -0.39 is 11.9 Å². The van der Waals surface area contributed by atoms with Gasteiger partial charge in [0.05, 0.1) is 23.9 Å². The average Bonchev–Trinajstić information content (AvgIpc) is 3.22. The number of esters is 1. The van der Waals surface area contributed by atoms with E-state index in [0.717, 1.165) is 17.8 Å². The number of methoxy groups -OCH3 is 1. The second kappa shape index (κ2) is 7.36. The number of nitrogens with zero attached hydrogens (tertiary/aromatic N) is 2. The first-order chi connectivity index (χ1) is 12.9. The molecule has 0 aliphatic carbocycles. The third kappa shape index (κ3) is 3.37. The topological polar surface area (TPSA) is 117 Å². The molecule has 0 aliphatic rings. The zero-order valence-electron chi connectivity index (χ0n) is 15.2. The minimum absolute atomic E-state index is 0.0642. The molecule has 3 aromatic rings. The highest BCUT2D eigenvalue weighted by Crippen LogP contribution is 2.27. The molecule has 0 fully saturated rings. The first-order valence-corrected chi connectivity index (χ1v) is 9.18. The maximum absolute atomic E-state index is 13.1. The Morgan fingerprint density at radius 2 is 2.11 bits per heavy atom. The van der Waals surface area contributed by atoms with E-state index >= 15 is 0 Å². The van der Waals surface area contributed by atoms with Gasteiger partial charge in [0, 0.05) is 6.42 Å². The van der Waals surface area contributed by atoms with Crippen molar-refractivity contribution < 1.29 is 18.7 Å². The number of aryl methyl sites for hydroxylation is 2. The molecule has 0 radical (unpaired) electrons. The molecule has 1 amide bonds. The molecule has 9 heteroatoms. The van der Waals surface area contributed by atoms with E-state index in [0.29, 0.717) is 38.7 Å². The van der Waals surface area contributed by atoms with Crippen LogP contribution in [0, 0.1) is 6.92 Å². The molecule has 0 saturated heterocycles. The van der Waals surface area contributed by atoms with Crippen LogP contribution < -0.4 is 11.3 Å². The number of carbonyl (C=O) groups is 2. The molecule has 3 heterocycles. The Kier molecular flexibility index (Phi) is 5.13. The normalized spacial score (nSPS) is 11.1. The van der Waals surface area contributed by atoms with Crippen LogP contribution >= 0.6 is 11.3 Å². The van der Waals surface area contributed by atoms with Crippen LogP contribution in [0.1, 0.15) is 50.7 Å². The standard InChI is InChI=1S/C18H19N3O5S/c1-4-5-12-20-16-13(9(2)14(27-16)15(19)22)17(23)21(12)8-10-6-7-11(26-10)18(24)25-3/h6-7H,4-5,8H2,1-3H3,(H2,19,22). The van der Waals surface area contributed by atoms with Gasteiger partial charge in [-0.25, -0.2) is 9.78 Å². The number of hydrogen-bond acceptors (Lipinski definition) is 7. The predicted molar refractivity (Wildman–Crippen MR) is 100 cm³/mol. The van der Waals surface area contributed by atoms with Crippen LogP contribution in [0.5, 0.6) is 0 Å². The van der Waals surface area contributed by atoms with Gasteiger partial charge in [-0.1, -0.05) is 6.92 Å². The highest BCUT2D eigenvalue weighted by atomic mass is 32.1. The summed E-state index contributed by atoms with van der Waals surface area (Å²) in [6, 6.07) is 3.12. The van der Waals surface area contributed by atoms with Gasteiger partial charge in [0.15, 0.2) is 0 Å².